The number of rotatable bonds is 3. The van der Waals surface area contributed by atoms with E-state index < -0.39 is 5.60 Å². The second-order valence-electron chi connectivity index (χ2n) is 7.02. The second kappa shape index (κ2) is 7.11. The summed E-state index contributed by atoms with van der Waals surface area (Å²) < 4.78 is 18.7. The van der Waals surface area contributed by atoms with Crippen LogP contribution in [0.1, 0.15) is 45.1 Å². The zero-order valence-electron chi connectivity index (χ0n) is 13.9. The summed E-state index contributed by atoms with van der Waals surface area (Å²) in [6.07, 6.45) is 1.99. The van der Waals surface area contributed by atoms with Crippen LogP contribution in [0.3, 0.4) is 0 Å². The molecule has 0 bridgehead atoms. The third-order valence-corrected chi connectivity index (χ3v) is 4.08. The number of amides is 1. The number of hydrogen-bond acceptors (Lipinski definition) is 3. The first-order valence-electron chi connectivity index (χ1n) is 7.99. The predicted molar refractivity (Wildman–Crippen MR) is 85.7 cm³/mol. The highest BCUT2D eigenvalue weighted by molar-refractivity contribution is 5.68. The maximum atomic E-state index is 13.4. The molecule has 1 aliphatic rings. The summed E-state index contributed by atoms with van der Waals surface area (Å²) in [5.74, 6) is -0.542. The normalized spacial score (nSPS) is 17.7. The Bertz CT molecular complexity index is 560. The van der Waals surface area contributed by atoms with E-state index in [1.54, 1.807) is 17.0 Å². The molecule has 4 nitrogen and oxygen atoms in total. The third kappa shape index (κ3) is 4.78. The monoisotopic (exact) mass is 321 g/mol. The summed E-state index contributed by atoms with van der Waals surface area (Å²) in [6.45, 7) is 6.62. The summed E-state index contributed by atoms with van der Waals surface area (Å²) in [5.41, 5.74) is 0.191. The number of ether oxygens (including phenoxy) is 1. The largest absolute Gasteiger partial charge is 0.444 e. The van der Waals surface area contributed by atoms with Crippen molar-refractivity contribution in [2.75, 3.05) is 13.1 Å². The van der Waals surface area contributed by atoms with Crippen molar-refractivity contribution in [2.45, 2.75) is 45.1 Å². The van der Waals surface area contributed by atoms with Crippen LogP contribution in [0.5, 0.6) is 0 Å². The van der Waals surface area contributed by atoms with Gasteiger partial charge in [0.1, 0.15) is 17.7 Å². The fourth-order valence-corrected chi connectivity index (χ4v) is 2.94. The van der Waals surface area contributed by atoms with Crippen LogP contribution in [0.15, 0.2) is 24.3 Å². The molecule has 0 aromatic heterocycles. The fraction of sp³-hybridized carbons (Fsp3) is 0.556. The van der Waals surface area contributed by atoms with Gasteiger partial charge < -0.3 is 14.4 Å². The number of nitrogens with zero attached hydrogens (tertiary/aromatic N) is 1. The number of halogens is 1. The molecule has 1 fully saturated rings. The fourth-order valence-electron chi connectivity index (χ4n) is 2.94. The molecule has 126 valence electrons. The molecule has 0 saturated carbocycles. The van der Waals surface area contributed by atoms with Gasteiger partial charge in [0.05, 0.1) is 0 Å². The van der Waals surface area contributed by atoms with Crippen LogP contribution >= 0.6 is 0 Å². The van der Waals surface area contributed by atoms with Crippen molar-refractivity contribution < 1.29 is 18.7 Å². The molecular weight excluding hydrogens is 297 g/mol. The lowest BCUT2D eigenvalue weighted by atomic mass is 9.81. The minimum atomic E-state index is -0.513. The first-order chi connectivity index (χ1) is 10.8. The maximum Gasteiger partial charge on any atom is 0.410 e. The lowest BCUT2D eigenvalue weighted by molar-refractivity contribution is -0.110. The molecule has 1 heterocycles. The molecule has 0 radical (unpaired) electrons. The second-order valence-corrected chi connectivity index (χ2v) is 7.02. The van der Waals surface area contributed by atoms with E-state index in [1.165, 1.54) is 12.1 Å². The highest BCUT2D eigenvalue weighted by Crippen LogP contribution is 2.32. The van der Waals surface area contributed by atoms with E-state index in [1.807, 2.05) is 20.8 Å². The molecule has 0 N–H and O–H groups in total. The predicted octanol–water partition coefficient (Wildman–Crippen LogP) is 3.76. The van der Waals surface area contributed by atoms with Crippen molar-refractivity contribution >= 4 is 12.4 Å². The van der Waals surface area contributed by atoms with E-state index in [4.69, 9.17) is 4.74 Å². The molecule has 1 aromatic rings. The van der Waals surface area contributed by atoms with Gasteiger partial charge in [0.15, 0.2) is 0 Å². The van der Waals surface area contributed by atoms with Gasteiger partial charge in [-0.05, 0) is 57.2 Å². The summed E-state index contributed by atoms with van der Waals surface area (Å²) in [6, 6.07) is 6.19. The molecule has 5 heteroatoms. The van der Waals surface area contributed by atoms with Crippen LogP contribution in [0, 0.1) is 11.7 Å². The molecule has 2 rings (SSSR count). The minimum Gasteiger partial charge on any atom is -0.444 e. The van der Waals surface area contributed by atoms with Gasteiger partial charge in [-0.25, -0.2) is 9.18 Å². The molecular formula is C18H24FNO3. The van der Waals surface area contributed by atoms with Gasteiger partial charge in [-0.1, -0.05) is 12.1 Å². The standard InChI is InChI=1S/C18H24FNO3/c1-18(2,3)23-17(22)20-9-7-13(8-10-20)16(12-21)14-5-4-6-15(19)11-14/h4-6,11-13,16H,7-10H2,1-3H3. The van der Waals surface area contributed by atoms with Crippen LogP contribution < -0.4 is 0 Å². The van der Waals surface area contributed by atoms with Crippen LogP contribution in [0.4, 0.5) is 9.18 Å². The van der Waals surface area contributed by atoms with Gasteiger partial charge in [-0.15, -0.1) is 0 Å². The van der Waals surface area contributed by atoms with Gasteiger partial charge in [-0.2, -0.15) is 0 Å². The van der Waals surface area contributed by atoms with Crippen LogP contribution in [0.2, 0.25) is 0 Å². The number of aldehydes is 1. The van der Waals surface area contributed by atoms with Crippen LogP contribution in [0.25, 0.3) is 0 Å². The van der Waals surface area contributed by atoms with Crippen molar-refractivity contribution in [3.63, 3.8) is 0 Å². The zero-order valence-corrected chi connectivity index (χ0v) is 13.9. The van der Waals surface area contributed by atoms with E-state index in [9.17, 15) is 14.0 Å². The van der Waals surface area contributed by atoms with Crippen molar-refractivity contribution in [3.05, 3.63) is 35.6 Å². The first kappa shape index (κ1) is 17.4. The highest BCUT2D eigenvalue weighted by atomic mass is 19.1. The summed E-state index contributed by atoms with van der Waals surface area (Å²) >= 11 is 0. The van der Waals surface area contributed by atoms with Gasteiger partial charge in [0, 0.05) is 19.0 Å². The molecule has 1 amide bonds. The van der Waals surface area contributed by atoms with E-state index in [0.717, 1.165) is 6.29 Å². The Labute approximate surface area is 136 Å². The van der Waals surface area contributed by atoms with Crippen molar-refractivity contribution in [1.82, 2.24) is 4.90 Å². The van der Waals surface area contributed by atoms with Gasteiger partial charge in [0.25, 0.3) is 0 Å². The van der Waals surface area contributed by atoms with Crippen molar-refractivity contribution in [3.8, 4) is 0 Å². The van der Waals surface area contributed by atoms with Gasteiger partial charge in [0.2, 0.25) is 0 Å². The Morgan fingerprint density at radius 2 is 2.00 bits per heavy atom. The molecule has 0 aliphatic carbocycles. The van der Waals surface area contributed by atoms with Gasteiger partial charge in [-0.3, -0.25) is 0 Å². The molecule has 1 aromatic carbocycles. The van der Waals surface area contributed by atoms with Crippen LogP contribution in [-0.4, -0.2) is 36.0 Å². The molecule has 1 unspecified atom stereocenters. The Hall–Kier alpha value is -1.91. The Balaban J connectivity index is 1.97. The quantitative estimate of drug-likeness (QED) is 0.797. The molecule has 1 atom stereocenters. The number of benzene rings is 1. The molecule has 0 spiro atoms. The van der Waals surface area contributed by atoms with Crippen molar-refractivity contribution in [2.24, 2.45) is 5.92 Å². The summed E-state index contributed by atoms with van der Waals surface area (Å²) in [5, 5.41) is 0. The maximum absolute atomic E-state index is 13.4. The lowest BCUT2D eigenvalue weighted by Crippen LogP contribution is -2.42. The van der Waals surface area contributed by atoms with Gasteiger partial charge >= 0.3 is 6.09 Å². The molecule has 1 aliphatic heterocycles. The summed E-state index contributed by atoms with van der Waals surface area (Å²) in [4.78, 5) is 25.2. The highest BCUT2D eigenvalue weighted by Gasteiger charge is 2.31. The average molecular weight is 321 g/mol. The van der Waals surface area contributed by atoms with E-state index in [2.05, 4.69) is 0 Å². The molecule has 23 heavy (non-hydrogen) atoms. The Morgan fingerprint density at radius 1 is 1.35 bits per heavy atom. The Morgan fingerprint density at radius 3 is 2.52 bits per heavy atom. The first-order valence-corrected chi connectivity index (χ1v) is 7.99. The number of likely N-dealkylation sites (tertiary alicyclic amines) is 1. The third-order valence-electron chi connectivity index (χ3n) is 4.08. The lowest BCUT2D eigenvalue weighted by Gasteiger charge is -2.35. The Kier molecular flexibility index (Phi) is 5.39. The number of hydrogen-bond donors (Lipinski definition) is 0. The zero-order chi connectivity index (χ0) is 17.0. The smallest absolute Gasteiger partial charge is 0.410 e. The summed E-state index contributed by atoms with van der Waals surface area (Å²) in [7, 11) is 0. The van der Waals surface area contributed by atoms with Crippen molar-refractivity contribution in [1.29, 1.82) is 0 Å². The van der Waals surface area contributed by atoms with E-state index in [-0.39, 0.29) is 23.7 Å². The molecule has 1 saturated heterocycles. The topological polar surface area (TPSA) is 46.6 Å². The average Bonchev–Trinajstić information content (AvgIpc) is 2.47. The van der Waals surface area contributed by atoms with E-state index >= 15 is 0 Å². The number of carbonyl (C=O) groups is 2. The minimum absolute atomic E-state index is 0.119. The number of piperidine rings is 1. The number of carbonyl (C=O) groups excluding carboxylic acids is 2. The van der Waals surface area contributed by atoms with E-state index in [0.29, 0.717) is 31.5 Å². The SMILES string of the molecule is CC(C)(C)OC(=O)N1CCC(C(C=O)c2cccc(F)c2)CC1. The van der Waals surface area contributed by atoms with Crippen LogP contribution in [-0.2, 0) is 9.53 Å².